The van der Waals surface area contributed by atoms with Gasteiger partial charge in [-0.2, -0.15) is 10.5 Å². The Balaban J connectivity index is 3.33. The highest BCUT2D eigenvalue weighted by atomic mass is 16.5. The van der Waals surface area contributed by atoms with Crippen LogP contribution in [0.15, 0.2) is 6.20 Å². The maximum atomic E-state index is 12.2. The molecule has 106 valence electrons. The number of carbonyl (C=O) groups is 1. The molecule has 0 N–H and O–H groups in total. The fourth-order valence-electron chi connectivity index (χ4n) is 1.71. The Labute approximate surface area is 117 Å². The van der Waals surface area contributed by atoms with Crippen molar-refractivity contribution in [3.8, 4) is 12.1 Å². The van der Waals surface area contributed by atoms with Crippen LogP contribution in [0.25, 0.3) is 0 Å². The maximum absolute atomic E-state index is 12.2. The molecule has 0 spiro atoms. The summed E-state index contributed by atoms with van der Waals surface area (Å²) >= 11 is 0. The Bertz CT molecular complexity index is 552. The van der Waals surface area contributed by atoms with Crippen LogP contribution in [0.4, 0.5) is 0 Å². The van der Waals surface area contributed by atoms with Gasteiger partial charge in [-0.3, -0.25) is 4.79 Å². The van der Waals surface area contributed by atoms with Gasteiger partial charge in [0.2, 0.25) is 0 Å². The number of aromatic nitrogens is 3. The van der Waals surface area contributed by atoms with Crippen molar-refractivity contribution >= 4 is 5.97 Å². The predicted molar refractivity (Wildman–Crippen MR) is 69.1 cm³/mol. The Kier molecular flexibility index (Phi) is 4.82. The van der Waals surface area contributed by atoms with Crippen LogP contribution < -0.4 is 0 Å². The predicted octanol–water partition coefficient (Wildman–Crippen LogP) is 1.34. The number of nitrogens with zero attached hydrogens (tertiary/aromatic N) is 5. The molecule has 0 aliphatic heterocycles. The summed E-state index contributed by atoms with van der Waals surface area (Å²) in [5, 5.41) is 26.1. The quantitative estimate of drug-likeness (QED) is 0.751. The van der Waals surface area contributed by atoms with Crippen molar-refractivity contribution in [3.63, 3.8) is 0 Å². The van der Waals surface area contributed by atoms with Gasteiger partial charge in [-0.05, 0) is 27.7 Å². The Morgan fingerprint density at radius 3 is 2.50 bits per heavy atom. The van der Waals surface area contributed by atoms with Gasteiger partial charge in [0.1, 0.15) is 11.1 Å². The Morgan fingerprint density at radius 2 is 2.10 bits per heavy atom. The molecule has 0 saturated heterocycles. The lowest BCUT2D eigenvalue weighted by molar-refractivity contribution is -0.150. The van der Waals surface area contributed by atoms with Crippen LogP contribution in [-0.2, 0) is 14.9 Å². The van der Waals surface area contributed by atoms with E-state index in [0.29, 0.717) is 0 Å². The van der Waals surface area contributed by atoms with Gasteiger partial charge in [-0.15, -0.1) is 5.10 Å². The lowest BCUT2D eigenvalue weighted by Crippen LogP contribution is -2.41. The van der Waals surface area contributed by atoms with Crippen molar-refractivity contribution in [3.05, 3.63) is 11.9 Å². The van der Waals surface area contributed by atoms with E-state index >= 15 is 0 Å². The van der Waals surface area contributed by atoms with Crippen LogP contribution in [0, 0.1) is 28.6 Å². The SMILES string of the molecule is CCOC(=O)C(C)(c1cn(C(C)C)nn1)C(C#N)C#N. The molecule has 1 aromatic heterocycles. The maximum Gasteiger partial charge on any atom is 0.320 e. The van der Waals surface area contributed by atoms with E-state index in [4.69, 9.17) is 15.3 Å². The molecule has 0 radical (unpaired) electrons. The van der Waals surface area contributed by atoms with Crippen molar-refractivity contribution in [2.75, 3.05) is 6.61 Å². The fourth-order valence-corrected chi connectivity index (χ4v) is 1.71. The zero-order chi connectivity index (χ0) is 15.3. The minimum atomic E-state index is -1.45. The molecule has 1 atom stereocenters. The summed E-state index contributed by atoms with van der Waals surface area (Å²) in [6.07, 6.45) is 1.57. The van der Waals surface area contributed by atoms with Gasteiger partial charge in [0.05, 0.1) is 18.7 Å². The first kappa shape index (κ1) is 15.6. The van der Waals surface area contributed by atoms with E-state index in [1.807, 2.05) is 26.0 Å². The van der Waals surface area contributed by atoms with Crippen LogP contribution in [-0.4, -0.2) is 27.6 Å². The molecule has 1 aromatic rings. The minimum absolute atomic E-state index is 0.0605. The largest absolute Gasteiger partial charge is 0.465 e. The monoisotopic (exact) mass is 275 g/mol. The summed E-state index contributed by atoms with van der Waals surface area (Å²) in [5.74, 6) is -1.84. The van der Waals surface area contributed by atoms with Crippen molar-refractivity contribution < 1.29 is 9.53 Å². The first-order chi connectivity index (χ1) is 9.41. The molecule has 0 aliphatic rings. The number of esters is 1. The molecule has 20 heavy (non-hydrogen) atoms. The summed E-state index contributed by atoms with van der Waals surface area (Å²) in [5.41, 5.74) is -1.19. The van der Waals surface area contributed by atoms with Gasteiger partial charge in [0.15, 0.2) is 5.92 Å². The number of carbonyl (C=O) groups excluding carboxylic acids is 1. The second-order valence-corrected chi connectivity index (χ2v) is 4.79. The van der Waals surface area contributed by atoms with Crippen molar-refractivity contribution in [1.29, 1.82) is 10.5 Å². The van der Waals surface area contributed by atoms with Gasteiger partial charge in [0.25, 0.3) is 0 Å². The summed E-state index contributed by atoms with van der Waals surface area (Å²) < 4.78 is 6.57. The fraction of sp³-hybridized carbons (Fsp3) is 0.615. The van der Waals surface area contributed by atoms with E-state index in [2.05, 4.69) is 10.3 Å². The molecular formula is C13H17N5O2. The van der Waals surface area contributed by atoms with Crippen LogP contribution in [0.3, 0.4) is 0 Å². The van der Waals surface area contributed by atoms with Gasteiger partial charge in [-0.25, -0.2) is 4.68 Å². The van der Waals surface area contributed by atoms with E-state index in [1.165, 1.54) is 6.92 Å². The topological polar surface area (TPSA) is 105 Å². The second kappa shape index (κ2) is 6.16. The van der Waals surface area contributed by atoms with Gasteiger partial charge >= 0.3 is 5.97 Å². The first-order valence-electron chi connectivity index (χ1n) is 6.30. The molecule has 0 saturated carbocycles. The van der Waals surface area contributed by atoms with Crippen LogP contribution in [0.2, 0.25) is 0 Å². The standard InChI is InChI=1S/C13H17N5O2/c1-5-20-12(19)13(4,10(6-14)7-15)11-8-18(9(2)3)17-16-11/h8-10H,5H2,1-4H3. The molecule has 1 unspecified atom stereocenters. The molecular weight excluding hydrogens is 258 g/mol. The second-order valence-electron chi connectivity index (χ2n) is 4.79. The third-order valence-electron chi connectivity index (χ3n) is 3.11. The normalized spacial score (nSPS) is 13.6. The van der Waals surface area contributed by atoms with E-state index in [9.17, 15) is 4.79 Å². The highest BCUT2D eigenvalue weighted by molar-refractivity contribution is 5.83. The van der Waals surface area contributed by atoms with Crippen LogP contribution in [0.1, 0.15) is 39.4 Å². The number of nitriles is 2. The first-order valence-corrected chi connectivity index (χ1v) is 6.30. The van der Waals surface area contributed by atoms with E-state index in [-0.39, 0.29) is 18.3 Å². The summed E-state index contributed by atoms with van der Waals surface area (Å²) in [6.45, 7) is 7.13. The lowest BCUT2D eigenvalue weighted by atomic mass is 9.76. The smallest absolute Gasteiger partial charge is 0.320 e. The highest BCUT2D eigenvalue weighted by Crippen LogP contribution is 2.32. The molecule has 1 rings (SSSR count). The number of hydrogen-bond acceptors (Lipinski definition) is 6. The summed E-state index contributed by atoms with van der Waals surface area (Å²) in [7, 11) is 0. The zero-order valence-corrected chi connectivity index (χ0v) is 12.0. The van der Waals surface area contributed by atoms with Crippen LogP contribution >= 0.6 is 0 Å². The number of hydrogen-bond donors (Lipinski definition) is 0. The molecule has 7 heteroatoms. The third-order valence-corrected chi connectivity index (χ3v) is 3.11. The molecule has 7 nitrogen and oxygen atoms in total. The Morgan fingerprint density at radius 1 is 1.50 bits per heavy atom. The molecule has 0 amide bonds. The highest BCUT2D eigenvalue weighted by Gasteiger charge is 2.47. The van der Waals surface area contributed by atoms with Gasteiger partial charge in [-0.1, -0.05) is 5.21 Å². The third kappa shape index (κ3) is 2.62. The molecule has 0 aromatic carbocycles. The molecule has 1 heterocycles. The summed E-state index contributed by atoms with van der Waals surface area (Å²) in [6, 6.07) is 3.72. The van der Waals surface area contributed by atoms with Gasteiger partial charge in [0, 0.05) is 12.2 Å². The van der Waals surface area contributed by atoms with Crippen molar-refractivity contribution in [2.24, 2.45) is 5.92 Å². The van der Waals surface area contributed by atoms with Gasteiger partial charge < -0.3 is 4.74 Å². The minimum Gasteiger partial charge on any atom is -0.465 e. The van der Waals surface area contributed by atoms with E-state index in [0.717, 1.165) is 0 Å². The average molecular weight is 275 g/mol. The molecule has 0 fully saturated rings. The molecule has 0 bridgehead atoms. The van der Waals surface area contributed by atoms with E-state index in [1.54, 1.807) is 17.8 Å². The summed E-state index contributed by atoms with van der Waals surface area (Å²) in [4.78, 5) is 12.2. The Hall–Kier alpha value is -2.41. The zero-order valence-electron chi connectivity index (χ0n) is 12.0. The number of ether oxygens (including phenoxy) is 1. The number of rotatable bonds is 5. The van der Waals surface area contributed by atoms with Crippen molar-refractivity contribution in [1.82, 2.24) is 15.0 Å². The lowest BCUT2D eigenvalue weighted by Gasteiger charge is -2.25. The van der Waals surface area contributed by atoms with Crippen molar-refractivity contribution in [2.45, 2.75) is 39.2 Å². The van der Waals surface area contributed by atoms with Crippen LogP contribution in [0.5, 0.6) is 0 Å². The molecule has 0 aliphatic carbocycles. The van der Waals surface area contributed by atoms with E-state index < -0.39 is 17.3 Å². The average Bonchev–Trinajstić information content (AvgIpc) is 2.90.